The summed E-state index contributed by atoms with van der Waals surface area (Å²) in [6.45, 7) is 2.04. The van der Waals surface area contributed by atoms with E-state index in [9.17, 15) is 0 Å². The summed E-state index contributed by atoms with van der Waals surface area (Å²) in [6, 6.07) is 11.4. The number of aliphatic imine (C=N–C) groups is 1. The molecule has 150 valence electrons. The van der Waals surface area contributed by atoms with Gasteiger partial charge in [-0.3, -0.25) is 9.98 Å². The first kappa shape index (κ1) is 18.5. The second-order valence-electron chi connectivity index (χ2n) is 7.36. The summed E-state index contributed by atoms with van der Waals surface area (Å²) in [5.74, 6) is -3.91. The lowest BCUT2D eigenvalue weighted by molar-refractivity contribution is 0.0307. The van der Waals surface area contributed by atoms with Gasteiger partial charge in [0, 0.05) is 35.0 Å². The Labute approximate surface area is 171 Å². The van der Waals surface area contributed by atoms with Crippen LogP contribution in [0.25, 0.3) is 22.1 Å². The van der Waals surface area contributed by atoms with Crippen molar-refractivity contribution in [3.63, 3.8) is 0 Å². The van der Waals surface area contributed by atoms with Gasteiger partial charge in [0.15, 0.2) is 5.65 Å². The number of hydrogen-bond acceptors (Lipinski definition) is 5. The molecule has 1 aliphatic heterocycles. The minimum Gasteiger partial charge on any atom is -0.289 e. The van der Waals surface area contributed by atoms with Crippen LogP contribution in [0.3, 0.4) is 0 Å². The van der Waals surface area contributed by atoms with Gasteiger partial charge in [-0.15, -0.1) is 10.2 Å². The molecule has 0 aliphatic carbocycles. The molecule has 3 aromatic heterocycles. The number of fused-ring (bicyclic) bond motifs is 2. The zero-order chi connectivity index (χ0) is 20.7. The van der Waals surface area contributed by atoms with Crippen LogP contribution >= 0.6 is 0 Å². The van der Waals surface area contributed by atoms with Crippen molar-refractivity contribution in [2.75, 3.05) is 0 Å². The van der Waals surface area contributed by atoms with E-state index in [1.54, 1.807) is 42.7 Å². The number of nitrogens with zero attached hydrogens (tertiary/aromatic N) is 6. The van der Waals surface area contributed by atoms with Gasteiger partial charge < -0.3 is 0 Å². The molecule has 4 heterocycles. The predicted octanol–water partition coefficient (Wildman–Crippen LogP) is 4.45. The first-order valence-corrected chi connectivity index (χ1v) is 9.72. The molecule has 0 amide bonds. The molecule has 0 bridgehead atoms. The van der Waals surface area contributed by atoms with Crippen molar-refractivity contribution in [1.29, 1.82) is 0 Å². The third kappa shape index (κ3) is 3.14. The average Bonchev–Trinajstić information content (AvgIpc) is 3.08. The topological polar surface area (TPSA) is 68.3 Å². The number of aromatic nitrogens is 5. The van der Waals surface area contributed by atoms with Crippen LogP contribution in [0.5, 0.6) is 0 Å². The van der Waals surface area contributed by atoms with Crippen molar-refractivity contribution in [3.8, 4) is 0 Å². The van der Waals surface area contributed by atoms with E-state index < -0.39 is 11.7 Å². The van der Waals surface area contributed by atoms with Crippen LogP contribution in [0.4, 0.5) is 8.78 Å². The maximum Gasteiger partial charge on any atom is 0.333 e. The zero-order valence-electron chi connectivity index (χ0n) is 16.2. The summed E-state index contributed by atoms with van der Waals surface area (Å²) in [6.07, 6.45) is 7.20. The van der Waals surface area contributed by atoms with Crippen LogP contribution in [0.1, 0.15) is 36.8 Å². The normalized spacial score (nSPS) is 17.3. The van der Waals surface area contributed by atoms with E-state index in [2.05, 4.69) is 25.3 Å². The van der Waals surface area contributed by atoms with Crippen molar-refractivity contribution in [1.82, 2.24) is 24.8 Å². The van der Waals surface area contributed by atoms with E-state index in [0.717, 1.165) is 22.9 Å². The highest BCUT2D eigenvalue weighted by molar-refractivity contribution is 6.09. The average molecular weight is 404 g/mol. The second kappa shape index (κ2) is 7.05. The Morgan fingerprint density at radius 3 is 2.90 bits per heavy atom. The lowest BCUT2D eigenvalue weighted by atomic mass is 10.0. The SMILES string of the molecule is CC1CCC=C(c2ccc3nnc(C(F)(F)c4ccc5ncccc5c4)n3n2)C=N1. The van der Waals surface area contributed by atoms with Gasteiger partial charge in [0.25, 0.3) is 0 Å². The number of rotatable bonds is 3. The highest BCUT2D eigenvalue weighted by Crippen LogP contribution is 2.35. The Hall–Kier alpha value is -3.55. The quantitative estimate of drug-likeness (QED) is 0.506. The fourth-order valence-corrected chi connectivity index (χ4v) is 3.52. The van der Waals surface area contributed by atoms with E-state index >= 15 is 8.78 Å². The molecule has 0 saturated heterocycles. The molecule has 4 aromatic rings. The Kier molecular flexibility index (Phi) is 4.34. The van der Waals surface area contributed by atoms with E-state index in [0.29, 0.717) is 16.6 Å². The van der Waals surface area contributed by atoms with Gasteiger partial charge in [0.1, 0.15) is 0 Å². The monoisotopic (exact) mass is 404 g/mol. The second-order valence-corrected chi connectivity index (χ2v) is 7.36. The lowest BCUT2D eigenvalue weighted by Crippen LogP contribution is -2.20. The molecule has 0 N–H and O–H groups in total. The number of hydrogen-bond donors (Lipinski definition) is 0. The molecule has 5 rings (SSSR count). The minimum atomic E-state index is -3.38. The molecular formula is C22H18F2N6. The summed E-state index contributed by atoms with van der Waals surface area (Å²) in [7, 11) is 0. The summed E-state index contributed by atoms with van der Waals surface area (Å²) in [5, 5.41) is 12.7. The number of halogens is 2. The molecule has 0 fully saturated rings. The van der Waals surface area contributed by atoms with Crippen LogP contribution in [0.15, 0.2) is 59.7 Å². The number of allylic oxidation sites excluding steroid dienone is 2. The molecule has 1 atom stereocenters. The molecule has 30 heavy (non-hydrogen) atoms. The first-order chi connectivity index (χ1) is 14.5. The molecule has 1 aromatic carbocycles. The molecule has 8 heteroatoms. The summed E-state index contributed by atoms with van der Waals surface area (Å²) in [5.41, 5.74) is 2.09. The third-order valence-corrected chi connectivity index (χ3v) is 5.22. The summed E-state index contributed by atoms with van der Waals surface area (Å²) < 4.78 is 32.0. The van der Waals surface area contributed by atoms with Gasteiger partial charge in [-0.25, -0.2) is 0 Å². The third-order valence-electron chi connectivity index (χ3n) is 5.22. The molecule has 1 aliphatic rings. The molecule has 0 radical (unpaired) electrons. The van der Waals surface area contributed by atoms with E-state index in [1.807, 2.05) is 13.0 Å². The Morgan fingerprint density at radius 1 is 1.10 bits per heavy atom. The maximum atomic E-state index is 15.4. The van der Waals surface area contributed by atoms with Crippen molar-refractivity contribution in [2.24, 2.45) is 4.99 Å². The molecule has 0 saturated carbocycles. The Bertz CT molecular complexity index is 1310. The fourth-order valence-electron chi connectivity index (χ4n) is 3.52. The van der Waals surface area contributed by atoms with Crippen molar-refractivity contribution < 1.29 is 8.78 Å². The van der Waals surface area contributed by atoms with Crippen LogP contribution in [-0.4, -0.2) is 37.1 Å². The van der Waals surface area contributed by atoms with Gasteiger partial charge in [0.05, 0.1) is 11.2 Å². The van der Waals surface area contributed by atoms with E-state index in [-0.39, 0.29) is 17.3 Å². The highest BCUT2D eigenvalue weighted by Gasteiger charge is 2.40. The molecule has 1 unspecified atom stereocenters. The Balaban J connectivity index is 1.60. The van der Waals surface area contributed by atoms with E-state index in [4.69, 9.17) is 0 Å². The Morgan fingerprint density at radius 2 is 2.00 bits per heavy atom. The maximum absolute atomic E-state index is 15.4. The van der Waals surface area contributed by atoms with Crippen molar-refractivity contribution >= 4 is 28.3 Å². The van der Waals surface area contributed by atoms with Gasteiger partial charge in [-0.05, 0) is 50.1 Å². The number of benzene rings is 1. The van der Waals surface area contributed by atoms with Crippen LogP contribution in [0.2, 0.25) is 0 Å². The van der Waals surface area contributed by atoms with Gasteiger partial charge in [-0.2, -0.15) is 18.4 Å². The first-order valence-electron chi connectivity index (χ1n) is 9.72. The van der Waals surface area contributed by atoms with Crippen LogP contribution in [0, 0.1) is 0 Å². The summed E-state index contributed by atoms with van der Waals surface area (Å²) in [4.78, 5) is 8.65. The molecular weight excluding hydrogens is 386 g/mol. The predicted molar refractivity (Wildman–Crippen MR) is 111 cm³/mol. The van der Waals surface area contributed by atoms with Gasteiger partial charge in [0.2, 0.25) is 5.82 Å². The van der Waals surface area contributed by atoms with E-state index in [1.165, 1.54) is 12.1 Å². The zero-order valence-corrected chi connectivity index (χ0v) is 16.2. The largest absolute Gasteiger partial charge is 0.333 e. The van der Waals surface area contributed by atoms with Crippen LogP contribution in [-0.2, 0) is 5.92 Å². The standard InChI is InChI=1S/C22H18F2N6/c1-14-4-2-5-16(13-26-14)19-9-10-20-27-28-21(30(20)29-19)22(23,24)17-7-8-18-15(12-17)6-3-11-25-18/h3,5-14H,2,4H2,1H3. The van der Waals surface area contributed by atoms with Gasteiger partial charge >= 0.3 is 5.92 Å². The van der Waals surface area contributed by atoms with Crippen molar-refractivity contribution in [2.45, 2.75) is 31.7 Å². The highest BCUT2D eigenvalue weighted by atomic mass is 19.3. The minimum absolute atomic E-state index is 0.187. The van der Waals surface area contributed by atoms with Crippen molar-refractivity contribution in [3.05, 3.63) is 71.8 Å². The smallest absolute Gasteiger partial charge is 0.289 e. The number of alkyl halides is 2. The fraction of sp³-hybridized carbons (Fsp3) is 0.227. The molecule has 0 spiro atoms. The number of pyridine rings is 1. The lowest BCUT2D eigenvalue weighted by Gasteiger charge is -2.15. The molecule has 6 nitrogen and oxygen atoms in total. The summed E-state index contributed by atoms with van der Waals surface area (Å²) >= 11 is 0. The van der Waals surface area contributed by atoms with Crippen LogP contribution < -0.4 is 0 Å². The van der Waals surface area contributed by atoms with Gasteiger partial charge in [-0.1, -0.05) is 18.2 Å².